The topological polar surface area (TPSA) is 54.0 Å². The van der Waals surface area contributed by atoms with E-state index in [1.54, 1.807) is 7.05 Å². The van der Waals surface area contributed by atoms with Crippen molar-refractivity contribution in [3.8, 4) is 11.5 Å². The lowest BCUT2D eigenvalue weighted by molar-refractivity contribution is -0.121. The molecular formula is C18H27N3O3. The number of carbonyl (C=O) groups excluding carboxylic acids is 1. The van der Waals surface area contributed by atoms with E-state index in [9.17, 15) is 4.79 Å². The molecule has 0 aromatic heterocycles. The SMILES string of the molecule is CNC(=O)C[C@H](C)N(C)C1CCN(c2ccc3c(c2)OCO3)CC1. The van der Waals surface area contributed by atoms with E-state index in [2.05, 4.69) is 41.2 Å². The lowest BCUT2D eigenvalue weighted by Gasteiger charge is -2.40. The first-order valence-corrected chi connectivity index (χ1v) is 8.65. The summed E-state index contributed by atoms with van der Waals surface area (Å²) in [5.41, 5.74) is 1.19. The quantitative estimate of drug-likeness (QED) is 0.891. The predicted molar refractivity (Wildman–Crippen MR) is 93.7 cm³/mol. The zero-order valence-corrected chi connectivity index (χ0v) is 14.7. The Hall–Kier alpha value is -1.95. The van der Waals surface area contributed by atoms with E-state index in [0.29, 0.717) is 19.3 Å². The molecule has 0 bridgehead atoms. The van der Waals surface area contributed by atoms with Crippen molar-refractivity contribution in [1.29, 1.82) is 0 Å². The molecule has 0 unspecified atom stereocenters. The fourth-order valence-corrected chi connectivity index (χ4v) is 3.49. The summed E-state index contributed by atoms with van der Waals surface area (Å²) < 4.78 is 10.8. The molecule has 1 atom stereocenters. The Morgan fingerprint density at radius 3 is 2.75 bits per heavy atom. The van der Waals surface area contributed by atoms with E-state index >= 15 is 0 Å². The largest absolute Gasteiger partial charge is 0.454 e. The Morgan fingerprint density at radius 2 is 2.04 bits per heavy atom. The van der Waals surface area contributed by atoms with Crippen LogP contribution in [0.15, 0.2) is 18.2 Å². The second-order valence-electron chi connectivity index (χ2n) is 6.65. The Labute approximate surface area is 143 Å². The molecule has 1 N–H and O–H groups in total. The van der Waals surface area contributed by atoms with E-state index in [0.717, 1.165) is 37.4 Å². The third-order valence-electron chi connectivity index (χ3n) is 5.22. The van der Waals surface area contributed by atoms with Crippen LogP contribution in [0.5, 0.6) is 11.5 Å². The molecule has 1 aromatic rings. The summed E-state index contributed by atoms with van der Waals surface area (Å²) in [7, 11) is 3.83. The molecule has 0 saturated carbocycles. The van der Waals surface area contributed by atoms with E-state index in [1.165, 1.54) is 5.69 Å². The number of nitrogens with zero attached hydrogens (tertiary/aromatic N) is 2. The Balaban J connectivity index is 1.54. The highest BCUT2D eigenvalue weighted by Crippen LogP contribution is 2.36. The van der Waals surface area contributed by atoms with Gasteiger partial charge in [0.2, 0.25) is 12.7 Å². The molecule has 0 radical (unpaired) electrons. The van der Waals surface area contributed by atoms with Gasteiger partial charge < -0.3 is 24.6 Å². The normalized spacial score (nSPS) is 18.8. The number of fused-ring (bicyclic) bond motifs is 1. The number of benzene rings is 1. The van der Waals surface area contributed by atoms with Crippen LogP contribution in [0.1, 0.15) is 26.2 Å². The summed E-state index contributed by atoms with van der Waals surface area (Å²) in [5.74, 6) is 1.77. The molecule has 1 amide bonds. The maximum Gasteiger partial charge on any atom is 0.231 e. The van der Waals surface area contributed by atoms with Gasteiger partial charge in [-0.15, -0.1) is 0 Å². The minimum atomic E-state index is 0.104. The smallest absolute Gasteiger partial charge is 0.231 e. The number of piperidine rings is 1. The molecule has 2 heterocycles. The second kappa shape index (κ2) is 7.30. The van der Waals surface area contributed by atoms with Gasteiger partial charge in [0.05, 0.1) is 0 Å². The summed E-state index contributed by atoms with van der Waals surface area (Å²) in [5, 5.41) is 2.71. The van der Waals surface area contributed by atoms with Gasteiger partial charge in [-0.2, -0.15) is 0 Å². The third kappa shape index (κ3) is 3.59. The fourth-order valence-electron chi connectivity index (χ4n) is 3.49. The summed E-state index contributed by atoms with van der Waals surface area (Å²) in [4.78, 5) is 16.3. The molecule has 24 heavy (non-hydrogen) atoms. The van der Waals surface area contributed by atoms with Gasteiger partial charge in [0, 0.05) is 50.4 Å². The molecule has 0 aliphatic carbocycles. The van der Waals surface area contributed by atoms with Gasteiger partial charge in [0.1, 0.15) is 0 Å². The van der Waals surface area contributed by atoms with Crippen LogP contribution in [-0.2, 0) is 4.79 Å². The lowest BCUT2D eigenvalue weighted by Crippen LogP contribution is -2.47. The first-order valence-electron chi connectivity index (χ1n) is 8.65. The number of nitrogens with one attached hydrogen (secondary N) is 1. The van der Waals surface area contributed by atoms with Crippen molar-refractivity contribution in [3.63, 3.8) is 0 Å². The number of carbonyl (C=O) groups is 1. The molecule has 1 saturated heterocycles. The van der Waals surface area contributed by atoms with E-state index < -0.39 is 0 Å². The van der Waals surface area contributed by atoms with Crippen LogP contribution < -0.4 is 19.7 Å². The average Bonchev–Trinajstić information content (AvgIpc) is 3.08. The van der Waals surface area contributed by atoms with Crippen molar-refractivity contribution < 1.29 is 14.3 Å². The van der Waals surface area contributed by atoms with Crippen LogP contribution in [0, 0.1) is 0 Å². The Kier molecular flexibility index (Phi) is 5.14. The maximum absolute atomic E-state index is 11.6. The van der Waals surface area contributed by atoms with Crippen molar-refractivity contribution in [1.82, 2.24) is 10.2 Å². The van der Waals surface area contributed by atoms with Gasteiger partial charge in [0.15, 0.2) is 11.5 Å². The molecule has 1 fully saturated rings. The number of ether oxygens (including phenoxy) is 2. The van der Waals surface area contributed by atoms with Crippen LogP contribution in [-0.4, -0.2) is 56.9 Å². The van der Waals surface area contributed by atoms with E-state index in [4.69, 9.17) is 9.47 Å². The van der Waals surface area contributed by atoms with Crippen molar-refractivity contribution in [3.05, 3.63) is 18.2 Å². The number of amides is 1. The maximum atomic E-state index is 11.6. The lowest BCUT2D eigenvalue weighted by atomic mass is 10.0. The molecule has 1 aromatic carbocycles. The fraction of sp³-hybridized carbons (Fsp3) is 0.611. The van der Waals surface area contributed by atoms with Crippen LogP contribution in [0.2, 0.25) is 0 Å². The van der Waals surface area contributed by atoms with Gasteiger partial charge in [-0.1, -0.05) is 0 Å². The molecule has 0 spiro atoms. The molecule has 132 valence electrons. The molecule has 3 rings (SSSR count). The number of rotatable bonds is 5. The monoisotopic (exact) mass is 333 g/mol. The zero-order valence-electron chi connectivity index (χ0n) is 14.7. The van der Waals surface area contributed by atoms with Gasteiger partial charge >= 0.3 is 0 Å². The Morgan fingerprint density at radius 1 is 1.33 bits per heavy atom. The number of hydrogen-bond acceptors (Lipinski definition) is 5. The molecule has 2 aliphatic heterocycles. The summed E-state index contributed by atoms with van der Waals surface area (Å²) in [6.07, 6.45) is 2.75. The summed E-state index contributed by atoms with van der Waals surface area (Å²) in [6, 6.07) is 6.94. The number of anilines is 1. The highest BCUT2D eigenvalue weighted by molar-refractivity contribution is 5.76. The van der Waals surface area contributed by atoms with Gasteiger partial charge in [-0.3, -0.25) is 4.79 Å². The minimum absolute atomic E-state index is 0.104. The van der Waals surface area contributed by atoms with Crippen LogP contribution >= 0.6 is 0 Å². The molecule has 6 heteroatoms. The van der Waals surface area contributed by atoms with Gasteiger partial charge in [-0.05, 0) is 38.9 Å². The van der Waals surface area contributed by atoms with Crippen molar-refractivity contribution in [2.75, 3.05) is 38.9 Å². The van der Waals surface area contributed by atoms with Crippen molar-refractivity contribution in [2.45, 2.75) is 38.3 Å². The summed E-state index contributed by atoms with van der Waals surface area (Å²) >= 11 is 0. The Bertz CT molecular complexity index is 585. The summed E-state index contributed by atoms with van der Waals surface area (Å²) in [6.45, 7) is 4.47. The van der Waals surface area contributed by atoms with Crippen LogP contribution in [0.3, 0.4) is 0 Å². The first-order chi connectivity index (χ1) is 11.6. The molecular weight excluding hydrogens is 306 g/mol. The average molecular weight is 333 g/mol. The van der Waals surface area contributed by atoms with Crippen LogP contribution in [0.25, 0.3) is 0 Å². The highest BCUT2D eigenvalue weighted by atomic mass is 16.7. The zero-order chi connectivity index (χ0) is 17.1. The van der Waals surface area contributed by atoms with E-state index in [-0.39, 0.29) is 11.9 Å². The van der Waals surface area contributed by atoms with Crippen LogP contribution in [0.4, 0.5) is 5.69 Å². The molecule has 2 aliphatic rings. The first kappa shape index (κ1) is 16.9. The highest BCUT2D eigenvalue weighted by Gasteiger charge is 2.27. The van der Waals surface area contributed by atoms with Crippen molar-refractivity contribution >= 4 is 11.6 Å². The minimum Gasteiger partial charge on any atom is -0.454 e. The standard InChI is InChI=1S/C18H27N3O3/c1-13(10-18(22)19-2)20(3)14-6-8-21(9-7-14)15-4-5-16-17(11-15)24-12-23-16/h4-5,11,13-14H,6-10,12H2,1-3H3,(H,19,22)/t13-/m0/s1. The van der Waals surface area contributed by atoms with Gasteiger partial charge in [-0.25, -0.2) is 0 Å². The second-order valence-corrected chi connectivity index (χ2v) is 6.65. The molecule has 6 nitrogen and oxygen atoms in total. The van der Waals surface area contributed by atoms with E-state index in [1.807, 2.05) is 6.07 Å². The van der Waals surface area contributed by atoms with Crippen molar-refractivity contribution in [2.24, 2.45) is 0 Å². The number of hydrogen-bond donors (Lipinski definition) is 1. The predicted octanol–water partition coefficient (Wildman–Crippen LogP) is 1.84. The third-order valence-corrected chi connectivity index (χ3v) is 5.22. The van der Waals surface area contributed by atoms with Gasteiger partial charge in [0.25, 0.3) is 0 Å².